The van der Waals surface area contributed by atoms with Crippen LogP contribution in [0.1, 0.15) is 12.0 Å². The van der Waals surface area contributed by atoms with E-state index in [9.17, 15) is 9.59 Å². The average molecular weight is 249 g/mol. The van der Waals surface area contributed by atoms with Crippen LogP contribution in [0.2, 0.25) is 0 Å². The molecule has 1 rings (SSSR count). The zero-order chi connectivity index (χ0) is 13.7. The Morgan fingerprint density at radius 2 is 1.94 bits per heavy atom. The van der Waals surface area contributed by atoms with Gasteiger partial charge in [-0.1, -0.05) is 12.1 Å². The second-order valence-electron chi connectivity index (χ2n) is 4.03. The average Bonchev–Trinajstić information content (AvgIpc) is 2.27. The topological polar surface area (TPSA) is 77.8 Å². The van der Waals surface area contributed by atoms with Crippen molar-refractivity contribution in [2.45, 2.75) is 6.42 Å². The molecule has 0 heterocycles. The second kappa shape index (κ2) is 5.86. The molecule has 96 valence electrons. The van der Waals surface area contributed by atoms with Gasteiger partial charge in [-0.05, 0) is 23.8 Å². The molecular weight excluding hydrogens is 234 g/mol. The molecule has 2 N–H and O–H groups in total. The molecule has 18 heavy (non-hydrogen) atoms. The fraction of sp³-hybridized carbons (Fsp3) is 0.231. The lowest BCUT2D eigenvalue weighted by Gasteiger charge is -2.12. The number of hydrogen-bond acceptors (Lipinski definition) is 3. The van der Waals surface area contributed by atoms with Crippen molar-refractivity contribution in [1.29, 1.82) is 0 Å². The number of carbonyl (C=O) groups is 2. The molecule has 5 heteroatoms. The molecule has 0 aliphatic rings. The van der Waals surface area contributed by atoms with Gasteiger partial charge in [0.05, 0.1) is 6.42 Å². The van der Waals surface area contributed by atoms with Crippen molar-refractivity contribution in [3.63, 3.8) is 0 Å². The first kappa shape index (κ1) is 13.8. The molecule has 5 nitrogen and oxygen atoms in total. The molecule has 1 aromatic rings. The molecule has 0 spiro atoms. The summed E-state index contributed by atoms with van der Waals surface area (Å²) in [6.45, 7) is 0. The van der Waals surface area contributed by atoms with E-state index in [2.05, 4.69) is 0 Å². The van der Waals surface area contributed by atoms with Gasteiger partial charge in [0.2, 0.25) is 0 Å². The van der Waals surface area contributed by atoms with E-state index in [1.165, 1.54) is 6.08 Å². The number of carboxylic acids is 2. The minimum atomic E-state index is -1.22. The number of rotatable bonds is 5. The molecule has 0 aliphatic carbocycles. The van der Waals surface area contributed by atoms with Crippen LogP contribution in [-0.2, 0) is 9.59 Å². The van der Waals surface area contributed by atoms with E-state index >= 15 is 0 Å². The van der Waals surface area contributed by atoms with Crippen LogP contribution < -0.4 is 4.90 Å². The van der Waals surface area contributed by atoms with Crippen LogP contribution in [-0.4, -0.2) is 36.2 Å². The van der Waals surface area contributed by atoms with Gasteiger partial charge in [-0.2, -0.15) is 0 Å². The highest BCUT2D eigenvalue weighted by atomic mass is 16.4. The predicted molar refractivity (Wildman–Crippen MR) is 68.6 cm³/mol. The van der Waals surface area contributed by atoms with E-state index in [1.54, 1.807) is 18.2 Å². The third kappa shape index (κ3) is 3.93. The zero-order valence-corrected chi connectivity index (χ0v) is 10.3. The Morgan fingerprint density at radius 3 is 2.44 bits per heavy atom. The normalized spacial score (nSPS) is 11.1. The maximum absolute atomic E-state index is 10.9. The maximum atomic E-state index is 10.9. The fourth-order valence-electron chi connectivity index (χ4n) is 1.45. The van der Waals surface area contributed by atoms with Crippen LogP contribution >= 0.6 is 0 Å². The molecule has 0 amide bonds. The van der Waals surface area contributed by atoms with Gasteiger partial charge >= 0.3 is 11.9 Å². The van der Waals surface area contributed by atoms with E-state index < -0.39 is 18.4 Å². The minimum Gasteiger partial charge on any atom is -0.481 e. The van der Waals surface area contributed by atoms with Crippen molar-refractivity contribution in [3.8, 4) is 0 Å². The van der Waals surface area contributed by atoms with Crippen LogP contribution in [0.5, 0.6) is 0 Å². The zero-order valence-electron chi connectivity index (χ0n) is 10.3. The van der Waals surface area contributed by atoms with Crippen LogP contribution in [0.4, 0.5) is 5.69 Å². The lowest BCUT2D eigenvalue weighted by atomic mass is 10.1. The van der Waals surface area contributed by atoms with Crippen molar-refractivity contribution >= 4 is 23.7 Å². The molecule has 0 radical (unpaired) electrons. The molecule has 1 aromatic carbocycles. The summed E-state index contributed by atoms with van der Waals surface area (Å²) < 4.78 is 0. The molecule has 0 atom stereocenters. The molecule has 0 saturated carbocycles. The van der Waals surface area contributed by atoms with E-state index in [1.807, 2.05) is 25.1 Å². The number of anilines is 1. The fourth-order valence-corrected chi connectivity index (χ4v) is 1.45. The van der Waals surface area contributed by atoms with Crippen molar-refractivity contribution < 1.29 is 19.8 Å². The van der Waals surface area contributed by atoms with Gasteiger partial charge in [0.15, 0.2) is 0 Å². The Kier molecular flexibility index (Phi) is 4.48. The van der Waals surface area contributed by atoms with Crippen LogP contribution in [0.15, 0.2) is 29.8 Å². The molecule has 0 fully saturated rings. The van der Waals surface area contributed by atoms with Crippen molar-refractivity contribution in [2.24, 2.45) is 0 Å². The highest BCUT2D eigenvalue weighted by Gasteiger charge is 2.11. The SMILES string of the molecule is CN(C)c1cccc(/C=C(\CC(=O)O)C(=O)O)c1. The smallest absolute Gasteiger partial charge is 0.332 e. The molecule has 0 aliphatic heterocycles. The van der Waals surface area contributed by atoms with Crippen molar-refractivity contribution in [2.75, 3.05) is 19.0 Å². The Morgan fingerprint density at radius 1 is 1.28 bits per heavy atom. The van der Waals surface area contributed by atoms with Gasteiger partial charge in [0.25, 0.3) is 0 Å². The lowest BCUT2D eigenvalue weighted by molar-refractivity contribution is -0.139. The van der Waals surface area contributed by atoms with E-state index in [-0.39, 0.29) is 5.57 Å². The van der Waals surface area contributed by atoms with Gasteiger partial charge < -0.3 is 15.1 Å². The monoisotopic (exact) mass is 249 g/mol. The Labute approximate surface area is 105 Å². The molecular formula is C13H15NO4. The van der Waals surface area contributed by atoms with Crippen LogP contribution in [0.25, 0.3) is 6.08 Å². The summed E-state index contributed by atoms with van der Waals surface area (Å²) in [6, 6.07) is 7.21. The van der Waals surface area contributed by atoms with Gasteiger partial charge in [0, 0.05) is 25.4 Å². The van der Waals surface area contributed by atoms with Gasteiger partial charge in [-0.25, -0.2) is 4.79 Å². The van der Waals surface area contributed by atoms with Crippen molar-refractivity contribution in [1.82, 2.24) is 0 Å². The van der Waals surface area contributed by atoms with Gasteiger partial charge in [0.1, 0.15) is 0 Å². The maximum Gasteiger partial charge on any atom is 0.332 e. The summed E-state index contributed by atoms with van der Waals surface area (Å²) in [5, 5.41) is 17.6. The largest absolute Gasteiger partial charge is 0.481 e. The minimum absolute atomic E-state index is 0.140. The molecule has 0 aromatic heterocycles. The predicted octanol–water partition coefficient (Wildman–Crippen LogP) is 1.70. The summed E-state index contributed by atoms with van der Waals surface area (Å²) in [5.41, 5.74) is 1.45. The van der Waals surface area contributed by atoms with Crippen LogP contribution in [0.3, 0.4) is 0 Å². The summed E-state index contributed by atoms with van der Waals surface area (Å²) >= 11 is 0. The summed E-state index contributed by atoms with van der Waals surface area (Å²) in [5.74, 6) is -2.37. The summed E-state index contributed by atoms with van der Waals surface area (Å²) in [7, 11) is 3.75. The highest BCUT2D eigenvalue weighted by Crippen LogP contribution is 2.17. The Bertz CT molecular complexity index is 492. The third-order valence-corrected chi connectivity index (χ3v) is 2.34. The lowest BCUT2D eigenvalue weighted by Crippen LogP contribution is -2.09. The van der Waals surface area contributed by atoms with Crippen LogP contribution in [0, 0.1) is 0 Å². The second-order valence-corrected chi connectivity index (χ2v) is 4.03. The number of carboxylic acid groups (broad SMARTS) is 2. The molecule has 0 bridgehead atoms. The van der Waals surface area contributed by atoms with Crippen molar-refractivity contribution in [3.05, 3.63) is 35.4 Å². The van der Waals surface area contributed by atoms with Gasteiger partial charge in [-0.3, -0.25) is 4.79 Å². The highest BCUT2D eigenvalue weighted by molar-refractivity contribution is 5.96. The number of aliphatic carboxylic acids is 2. The number of benzene rings is 1. The first-order valence-corrected chi connectivity index (χ1v) is 5.33. The van der Waals surface area contributed by atoms with E-state index in [0.717, 1.165) is 5.69 Å². The Balaban J connectivity index is 3.07. The number of hydrogen-bond donors (Lipinski definition) is 2. The number of nitrogens with zero attached hydrogens (tertiary/aromatic N) is 1. The van der Waals surface area contributed by atoms with Gasteiger partial charge in [-0.15, -0.1) is 0 Å². The molecule has 0 saturated heterocycles. The van der Waals surface area contributed by atoms with E-state index in [4.69, 9.17) is 10.2 Å². The summed E-state index contributed by atoms with van der Waals surface area (Å²) in [6.07, 6.45) is 0.880. The summed E-state index contributed by atoms with van der Waals surface area (Å²) in [4.78, 5) is 23.4. The quantitative estimate of drug-likeness (QED) is 0.776. The Hall–Kier alpha value is -2.30. The first-order chi connectivity index (χ1) is 8.40. The third-order valence-electron chi connectivity index (χ3n) is 2.34. The standard InChI is InChI=1S/C13H15NO4/c1-14(2)11-5-3-4-9(7-11)6-10(13(17)18)8-12(15)16/h3-7H,8H2,1-2H3,(H,15,16)(H,17,18)/b10-6+. The molecule has 0 unspecified atom stereocenters. The van der Waals surface area contributed by atoms with E-state index in [0.29, 0.717) is 5.56 Å². The first-order valence-electron chi connectivity index (χ1n) is 5.33.